The van der Waals surface area contributed by atoms with E-state index in [1.54, 1.807) is 0 Å². The highest BCUT2D eigenvalue weighted by molar-refractivity contribution is 6.06. The van der Waals surface area contributed by atoms with Crippen LogP contribution in [0.2, 0.25) is 0 Å². The third kappa shape index (κ3) is 5.24. The summed E-state index contributed by atoms with van der Waals surface area (Å²) < 4.78 is 6.17. The van der Waals surface area contributed by atoms with E-state index in [1.807, 2.05) is 30.3 Å². The van der Waals surface area contributed by atoms with Gasteiger partial charge in [-0.25, -0.2) is 15.0 Å². The van der Waals surface area contributed by atoms with Crippen molar-refractivity contribution in [2.75, 3.05) is 0 Å². The Labute approximate surface area is 320 Å². The number of fused-ring (bicyclic) bond motifs is 8. The molecule has 1 saturated carbocycles. The number of benzene rings is 7. The summed E-state index contributed by atoms with van der Waals surface area (Å²) in [6, 6.07) is 58.2. The Morgan fingerprint density at radius 2 is 0.945 bits per heavy atom. The second kappa shape index (κ2) is 12.7. The maximum absolute atomic E-state index is 6.17. The lowest BCUT2D eigenvalue weighted by molar-refractivity contribution is 0.353. The van der Waals surface area contributed by atoms with Crippen LogP contribution in [0, 0.1) is 0 Å². The predicted octanol–water partition coefficient (Wildman–Crippen LogP) is 13.3. The highest BCUT2D eigenvalue weighted by Crippen LogP contribution is 2.58. The molecular weight excluding hydrogens is 671 g/mol. The van der Waals surface area contributed by atoms with Gasteiger partial charge >= 0.3 is 0 Å². The lowest BCUT2D eigenvalue weighted by atomic mass is 9.66. The Balaban J connectivity index is 1.06. The predicted molar refractivity (Wildman–Crippen MR) is 224 cm³/mol. The van der Waals surface area contributed by atoms with Gasteiger partial charge in [0.25, 0.3) is 0 Å². The average Bonchev–Trinajstić information content (AvgIpc) is 3.77. The summed E-state index contributed by atoms with van der Waals surface area (Å²) in [6.07, 6.45) is 6.19. The fourth-order valence-corrected chi connectivity index (χ4v) is 9.37. The Hall–Kier alpha value is -6.65. The van der Waals surface area contributed by atoms with Gasteiger partial charge < -0.3 is 4.42 Å². The highest BCUT2D eigenvalue weighted by atomic mass is 16.3. The lowest BCUT2D eigenvalue weighted by Crippen LogP contribution is -2.28. The van der Waals surface area contributed by atoms with Crippen LogP contribution in [0.3, 0.4) is 0 Å². The molecule has 2 aromatic heterocycles. The van der Waals surface area contributed by atoms with Crippen LogP contribution in [0.15, 0.2) is 168 Å². The van der Waals surface area contributed by atoms with Crippen molar-refractivity contribution in [3.63, 3.8) is 0 Å². The van der Waals surface area contributed by atoms with Crippen molar-refractivity contribution < 1.29 is 4.42 Å². The Morgan fingerprint density at radius 1 is 0.382 bits per heavy atom. The summed E-state index contributed by atoms with van der Waals surface area (Å²) in [4.78, 5) is 15.5. The minimum absolute atomic E-state index is 0.0477. The zero-order valence-corrected chi connectivity index (χ0v) is 30.4. The van der Waals surface area contributed by atoms with Crippen molar-refractivity contribution in [1.82, 2.24) is 15.0 Å². The molecule has 55 heavy (non-hydrogen) atoms. The first kappa shape index (κ1) is 31.8. The first-order chi connectivity index (χ1) is 27.2. The van der Waals surface area contributed by atoms with E-state index >= 15 is 0 Å². The topological polar surface area (TPSA) is 51.8 Å². The number of rotatable bonds is 5. The molecule has 4 heteroatoms. The molecule has 0 saturated heterocycles. The van der Waals surface area contributed by atoms with Gasteiger partial charge in [0.15, 0.2) is 17.5 Å². The molecule has 0 atom stereocenters. The number of aromatic nitrogens is 3. The van der Waals surface area contributed by atoms with Crippen LogP contribution in [-0.4, -0.2) is 15.0 Å². The van der Waals surface area contributed by atoms with Crippen molar-refractivity contribution in [3.05, 3.63) is 175 Å². The van der Waals surface area contributed by atoms with Crippen LogP contribution in [0.5, 0.6) is 0 Å². The van der Waals surface area contributed by atoms with E-state index in [2.05, 4.69) is 133 Å². The smallest absolute Gasteiger partial charge is 0.164 e. The largest absolute Gasteiger partial charge is 0.456 e. The quantitative estimate of drug-likeness (QED) is 0.179. The second-order valence-electron chi connectivity index (χ2n) is 15.1. The molecule has 0 unspecified atom stereocenters. The Kier molecular flexibility index (Phi) is 7.38. The number of furan rings is 1. The SMILES string of the molecule is c1ccc(-c2ccc(-c3nc(-c4cccc(-c5cccc6c5C5(CCCCC5)c5ccccc5-6)c4)nc(-c4ccc5oc6ccccc6c5c4)n3)cc2)cc1. The summed E-state index contributed by atoms with van der Waals surface area (Å²) in [5.74, 6) is 1.91. The molecule has 7 aromatic carbocycles. The zero-order chi connectivity index (χ0) is 36.3. The van der Waals surface area contributed by atoms with Crippen molar-refractivity contribution >= 4 is 21.9 Å². The van der Waals surface area contributed by atoms with Gasteiger partial charge in [0.1, 0.15) is 11.2 Å². The first-order valence-electron chi connectivity index (χ1n) is 19.4. The average molecular weight is 708 g/mol. The second-order valence-corrected chi connectivity index (χ2v) is 15.1. The van der Waals surface area contributed by atoms with E-state index in [9.17, 15) is 0 Å². The molecule has 2 aliphatic carbocycles. The minimum atomic E-state index is 0.0477. The standard InChI is InChI=1S/C51H37N3O/c1-3-13-33(14-4-1)34-23-25-35(26-24-34)48-52-49(54-50(53-48)38-27-28-46-43(32-38)41-18-6-8-22-45(41)55-46)37-16-11-15-36(31-37)39-19-12-20-42-40-17-5-7-21-44(40)51(47(39)42)29-9-2-10-30-51/h1,3-8,11-28,31-32H,2,9-10,29-30H2. The van der Waals surface area contributed by atoms with Crippen molar-refractivity contribution in [2.24, 2.45) is 0 Å². The van der Waals surface area contributed by atoms with Crippen LogP contribution >= 0.6 is 0 Å². The zero-order valence-electron chi connectivity index (χ0n) is 30.4. The molecule has 0 bridgehead atoms. The van der Waals surface area contributed by atoms with Crippen LogP contribution < -0.4 is 0 Å². The number of hydrogen-bond acceptors (Lipinski definition) is 4. The third-order valence-electron chi connectivity index (χ3n) is 11.9. The molecule has 0 aliphatic heterocycles. The van der Waals surface area contributed by atoms with Gasteiger partial charge in [-0.3, -0.25) is 0 Å². The fourth-order valence-electron chi connectivity index (χ4n) is 9.37. The molecule has 1 spiro atoms. The summed E-state index contributed by atoms with van der Waals surface area (Å²) in [5.41, 5.74) is 15.2. The van der Waals surface area contributed by atoms with Crippen LogP contribution in [0.1, 0.15) is 43.2 Å². The maximum Gasteiger partial charge on any atom is 0.164 e. The van der Waals surface area contributed by atoms with Crippen molar-refractivity contribution in [3.8, 4) is 67.5 Å². The molecule has 1 fully saturated rings. The maximum atomic E-state index is 6.17. The molecule has 11 rings (SSSR count). The van der Waals surface area contributed by atoms with E-state index in [4.69, 9.17) is 19.4 Å². The first-order valence-corrected chi connectivity index (χ1v) is 19.4. The number of hydrogen-bond donors (Lipinski definition) is 0. The highest BCUT2D eigenvalue weighted by Gasteiger charge is 2.45. The van der Waals surface area contributed by atoms with Gasteiger partial charge in [-0.2, -0.15) is 0 Å². The van der Waals surface area contributed by atoms with E-state index in [-0.39, 0.29) is 5.41 Å². The summed E-state index contributed by atoms with van der Waals surface area (Å²) >= 11 is 0. The number of para-hydroxylation sites is 1. The monoisotopic (exact) mass is 707 g/mol. The molecule has 4 nitrogen and oxygen atoms in total. The van der Waals surface area contributed by atoms with E-state index in [0.717, 1.165) is 44.2 Å². The molecule has 9 aromatic rings. The number of nitrogens with zero attached hydrogens (tertiary/aromatic N) is 3. The molecular formula is C51H37N3O. The normalized spacial score (nSPS) is 14.3. The van der Waals surface area contributed by atoms with Gasteiger partial charge in [-0.05, 0) is 87.7 Å². The van der Waals surface area contributed by atoms with Crippen LogP contribution in [0.25, 0.3) is 89.5 Å². The lowest BCUT2D eigenvalue weighted by Gasteiger charge is -2.37. The van der Waals surface area contributed by atoms with Gasteiger partial charge in [-0.1, -0.05) is 153 Å². The van der Waals surface area contributed by atoms with Crippen LogP contribution in [0.4, 0.5) is 0 Å². The molecule has 262 valence electrons. The van der Waals surface area contributed by atoms with Gasteiger partial charge in [0.05, 0.1) is 0 Å². The van der Waals surface area contributed by atoms with Crippen molar-refractivity contribution in [2.45, 2.75) is 37.5 Å². The van der Waals surface area contributed by atoms with Crippen molar-refractivity contribution in [1.29, 1.82) is 0 Å². The van der Waals surface area contributed by atoms with Gasteiger partial charge in [0, 0.05) is 32.9 Å². The molecule has 0 amide bonds. The van der Waals surface area contributed by atoms with Crippen LogP contribution in [-0.2, 0) is 5.41 Å². The fraction of sp³-hybridized carbons (Fsp3) is 0.118. The molecule has 2 aliphatic rings. The minimum Gasteiger partial charge on any atom is -0.456 e. The van der Waals surface area contributed by atoms with Gasteiger partial charge in [0.2, 0.25) is 0 Å². The molecule has 0 N–H and O–H groups in total. The third-order valence-corrected chi connectivity index (χ3v) is 11.9. The Bertz CT molecular complexity index is 2900. The summed E-state index contributed by atoms with van der Waals surface area (Å²) in [7, 11) is 0. The summed E-state index contributed by atoms with van der Waals surface area (Å²) in [5, 5.41) is 2.12. The summed E-state index contributed by atoms with van der Waals surface area (Å²) in [6.45, 7) is 0. The molecule has 2 heterocycles. The molecule has 0 radical (unpaired) electrons. The van der Waals surface area contributed by atoms with Gasteiger partial charge in [-0.15, -0.1) is 0 Å². The van der Waals surface area contributed by atoms with E-state index in [1.165, 1.54) is 71.0 Å². The van der Waals surface area contributed by atoms with E-state index < -0.39 is 0 Å². The van der Waals surface area contributed by atoms with E-state index in [0.29, 0.717) is 17.5 Å². The Morgan fingerprint density at radius 3 is 1.78 bits per heavy atom.